The van der Waals surface area contributed by atoms with E-state index in [1.165, 1.54) is 54.8 Å². The second-order valence-corrected chi connectivity index (χ2v) is 12.2. The van der Waals surface area contributed by atoms with Gasteiger partial charge < -0.3 is 9.47 Å². The first kappa shape index (κ1) is 27.9. The summed E-state index contributed by atoms with van der Waals surface area (Å²) in [7, 11) is 0. The summed E-state index contributed by atoms with van der Waals surface area (Å²) in [6, 6.07) is 69.7. The van der Waals surface area contributed by atoms with Gasteiger partial charge in [0.05, 0.1) is 11.0 Å². The van der Waals surface area contributed by atoms with Crippen molar-refractivity contribution in [3.63, 3.8) is 0 Å². The average molecular weight is 613 g/mol. The molecule has 0 aliphatic carbocycles. The van der Waals surface area contributed by atoms with Crippen LogP contribution in [0.2, 0.25) is 0 Å². The zero-order chi connectivity index (χ0) is 31.9. The summed E-state index contributed by atoms with van der Waals surface area (Å²) >= 11 is 0. The molecule has 0 aliphatic heterocycles. The van der Waals surface area contributed by atoms with Crippen LogP contribution in [0, 0.1) is 0 Å². The van der Waals surface area contributed by atoms with Crippen molar-refractivity contribution < 1.29 is 0 Å². The topological polar surface area (TPSA) is 8.17 Å². The molecule has 0 N–H and O–H groups in total. The number of nitrogens with zero attached hydrogens (tertiary/aromatic N) is 2. The van der Waals surface area contributed by atoms with Crippen molar-refractivity contribution in [2.75, 3.05) is 4.90 Å². The molecule has 0 amide bonds. The Morgan fingerprint density at radius 2 is 0.917 bits per heavy atom. The summed E-state index contributed by atoms with van der Waals surface area (Å²) in [6.07, 6.45) is 0. The zero-order valence-electron chi connectivity index (χ0n) is 26.4. The highest BCUT2D eigenvalue weighted by Crippen LogP contribution is 2.44. The molecule has 0 fully saturated rings. The Balaban J connectivity index is 1.26. The number of rotatable bonds is 6. The van der Waals surface area contributed by atoms with E-state index < -0.39 is 0 Å². The highest BCUT2D eigenvalue weighted by molar-refractivity contribution is 6.24. The van der Waals surface area contributed by atoms with E-state index in [-0.39, 0.29) is 0 Å². The van der Waals surface area contributed by atoms with Gasteiger partial charge in [-0.2, -0.15) is 0 Å². The molecule has 9 rings (SSSR count). The molecule has 2 nitrogen and oxygen atoms in total. The number of aromatic nitrogens is 1. The lowest BCUT2D eigenvalue weighted by atomic mass is 9.94. The monoisotopic (exact) mass is 612 g/mol. The molecule has 8 aromatic carbocycles. The lowest BCUT2D eigenvalue weighted by Gasteiger charge is -2.25. The van der Waals surface area contributed by atoms with Crippen LogP contribution in [-0.4, -0.2) is 4.57 Å². The minimum absolute atomic E-state index is 1.12. The summed E-state index contributed by atoms with van der Waals surface area (Å²) in [5, 5.41) is 5.02. The van der Waals surface area contributed by atoms with Crippen LogP contribution in [-0.2, 0) is 0 Å². The number of para-hydroxylation sites is 3. The molecule has 1 heterocycles. The third kappa shape index (κ3) is 4.74. The third-order valence-corrected chi connectivity index (χ3v) is 9.34. The Morgan fingerprint density at radius 1 is 0.375 bits per heavy atom. The predicted octanol–water partition coefficient (Wildman–Crippen LogP) is 12.7. The van der Waals surface area contributed by atoms with E-state index in [1.54, 1.807) is 0 Å². The third-order valence-electron chi connectivity index (χ3n) is 9.34. The largest absolute Gasteiger partial charge is 0.311 e. The molecular weight excluding hydrogens is 581 g/mol. The molecular formula is C46H32N2. The molecule has 0 saturated carbocycles. The van der Waals surface area contributed by atoms with Crippen LogP contribution in [0.4, 0.5) is 17.1 Å². The Bertz CT molecular complexity index is 2480. The quantitative estimate of drug-likeness (QED) is 0.181. The first-order valence-corrected chi connectivity index (χ1v) is 16.4. The fraction of sp³-hybridized carbons (Fsp3) is 0. The number of hydrogen-bond acceptors (Lipinski definition) is 1. The fourth-order valence-corrected chi connectivity index (χ4v) is 7.16. The van der Waals surface area contributed by atoms with Gasteiger partial charge in [0.25, 0.3) is 0 Å². The number of benzene rings is 8. The van der Waals surface area contributed by atoms with Gasteiger partial charge in [-0.1, -0.05) is 133 Å². The highest BCUT2D eigenvalue weighted by atomic mass is 15.1. The van der Waals surface area contributed by atoms with Gasteiger partial charge in [0.2, 0.25) is 0 Å². The van der Waals surface area contributed by atoms with Crippen molar-refractivity contribution in [1.82, 2.24) is 4.57 Å². The molecule has 0 unspecified atom stereocenters. The molecule has 226 valence electrons. The van der Waals surface area contributed by atoms with Crippen LogP contribution in [0.25, 0.3) is 60.5 Å². The summed E-state index contributed by atoms with van der Waals surface area (Å²) in [4.78, 5) is 2.30. The smallest absolute Gasteiger partial charge is 0.0625 e. The van der Waals surface area contributed by atoms with Crippen molar-refractivity contribution in [3.8, 4) is 27.9 Å². The average Bonchev–Trinajstić information content (AvgIpc) is 3.51. The Morgan fingerprint density at radius 3 is 1.58 bits per heavy atom. The highest BCUT2D eigenvalue weighted by Gasteiger charge is 2.20. The van der Waals surface area contributed by atoms with Crippen LogP contribution in [0.15, 0.2) is 194 Å². The molecule has 9 aromatic rings. The van der Waals surface area contributed by atoms with Crippen LogP contribution >= 0.6 is 0 Å². The van der Waals surface area contributed by atoms with Crippen molar-refractivity contribution in [2.24, 2.45) is 0 Å². The van der Waals surface area contributed by atoms with E-state index in [9.17, 15) is 0 Å². The first-order chi connectivity index (χ1) is 23.8. The fourth-order valence-electron chi connectivity index (χ4n) is 7.16. The predicted molar refractivity (Wildman–Crippen MR) is 204 cm³/mol. The Labute approximate surface area is 280 Å². The summed E-state index contributed by atoms with van der Waals surface area (Å²) < 4.78 is 2.46. The minimum atomic E-state index is 1.12. The summed E-state index contributed by atoms with van der Waals surface area (Å²) in [6.45, 7) is 0. The van der Waals surface area contributed by atoms with Gasteiger partial charge in [0.15, 0.2) is 0 Å². The van der Waals surface area contributed by atoms with Gasteiger partial charge in [-0.25, -0.2) is 0 Å². The lowest BCUT2D eigenvalue weighted by molar-refractivity contribution is 1.19. The lowest BCUT2D eigenvalue weighted by Crippen LogP contribution is -2.09. The van der Waals surface area contributed by atoms with E-state index in [1.807, 2.05) is 0 Å². The van der Waals surface area contributed by atoms with Crippen molar-refractivity contribution >= 4 is 49.6 Å². The normalized spacial score (nSPS) is 11.3. The second-order valence-electron chi connectivity index (χ2n) is 12.2. The number of hydrogen-bond donors (Lipinski definition) is 0. The molecule has 48 heavy (non-hydrogen) atoms. The van der Waals surface area contributed by atoms with Crippen LogP contribution in [0.5, 0.6) is 0 Å². The molecule has 2 heteroatoms. The van der Waals surface area contributed by atoms with Crippen molar-refractivity contribution in [3.05, 3.63) is 194 Å². The van der Waals surface area contributed by atoms with Gasteiger partial charge >= 0.3 is 0 Å². The maximum atomic E-state index is 2.46. The van der Waals surface area contributed by atoms with Gasteiger partial charge in [-0.05, 0) is 88.3 Å². The van der Waals surface area contributed by atoms with Gasteiger partial charge in [0, 0.05) is 38.9 Å². The minimum Gasteiger partial charge on any atom is -0.311 e. The second kappa shape index (κ2) is 11.8. The summed E-state index contributed by atoms with van der Waals surface area (Å²) in [5.74, 6) is 0. The molecule has 0 aliphatic rings. The molecule has 1 aromatic heterocycles. The first-order valence-electron chi connectivity index (χ1n) is 16.4. The van der Waals surface area contributed by atoms with E-state index in [0.717, 1.165) is 22.7 Å². The zero-order valence-corrected chi connectivity index (χ0v) is 26.4. The van der Waals surface area contributed by atoms with Gasteiger partial charge in [0.1, 0.15) is 0 Å². The maximum absolute atomic E-state index is 2.46. The molecule has 0 saturated heterocycles. The van der Waals surface area contributed by atoms with E-state index in [4.69, 9.17) is 0 Å². The molecule has 0 radical (unpaired) electrons. The van der Waals surface area contributed by atoms with E-state index in [0.29, 0.717) is 0 Å². The SMILES string of the molecule is c1ccc(-c2cc3ccccc3c3c2c2ccc(-c4ccc(N(c5ccccc5)c5ccccc5)cc4)cc2n3-c2ccccc2)cc1. The maximum Gasteiger partial charge on any atom is 0.0625 e. The standard InChI is InChI=1S/C46H32N2/c1-5-15-34(16-6-1)43-31-36-17-13-14-24-41(36)46-45(43)42-30-27-35(32-44(42)48(46)39-22-11-4-12-23-39)33-25-28-40(29-26-33)47(37-18-7-2-8-19-37)38-20-9-3-10-21-38/h1-32H. The van der Waals surface area contributed by atoms with Crippen molar-refractivity contribution in [2.45, 2.75) is 0 Å². The number of fused-ring (bicyclic) bond motifs is 5. The van der Waals surface area contributed by atoms with Crippen LogP contribution < -0.4 is 4.90 Å². The Kier molecular flexibility index (Phi) is 6.84. The molecule has 0 spiro atoms. The Hall–Kier alpha value is -6.38. The van der Waals surface area contributed by atoms with Gasteiger partial charge in [-0.15, -0.1) is 0 Å². The summed E-state index contributed by atoms with van der Waals surface area (Å²) in [5.41, 5.74) is 11.8. The van der Waals surface area contributed by atoms with Crippen LogP contribution in [0.3, 0.4) is 0 Å². The van der Waals surface area contributed by atoms with E-state index in [2.05, 4.69) is 204 Å². The molecule has 0 bridgehead atoms. The van der Waals surface area contributed by atoms with Crippen molar-refractivity contribution in [1.29, 1.82) is 0 Å². The van der Waals surface area contributed by atoms with E-state index >= 15 is 0 Å². The van der Waals surface area contributed by atoms with Gasteiger partial charge in [-0.3, -0.25) is 0 Å². The number of anilines is 3. The molecule has 0 atom stereocenters. The van der Waals surface area contributed by atoms with Crippen LogP contribution in [0.1, 0.15) is 0 Å².